The molecule has 2 aromatic heterocycles. The number of nitrogen functional groups attached to an aromatic ring is 2. The van der Waals surface area contributed by atoms with Gasteiger partial charge in [0.1, 0.15) is 22.8 Å². The number of anilines is 2. The summed E-state index contributed by atoms with van der Waals surface area (Å²) in [7, 11) is 0. The Hall–Kier alpha value is -7.68. The van der Waals surface area contributed by atoms with E-state index in [2.05, 4.69) is 45.7 Å². The van der Waals surface area contributed by atoms with Crippen molar-refractivity contribution in [3.8, 4) is 44.5 Å². The molecule has 314 valence electrons. The van der Waals surface area contributed by atoms with Crippen LogP contribution in [0.5, 0.6) is 0 Å². The summed E-state index contributed by atoms with van der Waals surface area (Å²) in [6.07, 6.45) is 0. The first-order chi connectivity index (χ1) is 29.9. The van der Waals surface area contributed by atoms with Crippen molar-refractivity contribution in [3.63, 3.8) is 0 Å². The number of aromatic nitrogens is 2. The molecule has 62 heavy (non-hydrogen) atoms. The number of hydrogen-bond acceptors (Lipinski definition) is 12. The number of nitrogens with two attached hydrogens (primary N) is 2. The molecule has 0 atom stereocenters. The average molecular weight is 835 g/mol. The van der Waals surface area contributed by atoms with Crippen LogP contribution < -0.4 is 22.9 Å². The van der Waals surface area contributed by atoms with Gasteiger partial charge in [-0.2, -0.15) is 0 Å². The highest BCUT2D eigenvalue weighted by Crippen LogP contribution is 2.40. The third-order valence-electron chi connectivity index (χ3n) is 10.4. The van der Waals surface area contributed by atoms with Crippen molar-refractivity contribution in [1.29, 1.82) is 0 Å². The largest absolute Gasteiger partial charge is 0.462 e. The number of carbonyl (C=O) groups is 4. The summed E-state index contributed by atoms with van der Waals surface area (Å²) in [4.78, 5) is 61.4. The predicted molar refractivity (Wildman–Crippen MR) is 237 cm³/mol. The second-order valence-corrected chi connectivity index (χ2v) is 14.1. The van der Waals surface area contributed by atoms with Gasteiger partial charge in [0, 0.05) is 11.1 Å². The third-order valence-corrected chi connectivity index (χ3v) is 10.4. The van der Waals surface area contributed by atoms with E-state index in [1.165, 1.54) is 0 Å². The van der Waals surface area contributed by atoms with Gasteiger partial charge in [-0.3, -0.25) is 0 Å². The Labute approximate surface area is 356 Å². The average Bonchev–Trinajstić information content (AvgIpc) is 3.25. The van der Waals surface area contributed by atoms with Crippen molar-refractivity contribution < 1.29 is 49.6 Å². The first kappa shape index (κ1) is 42.4. The molecule has 0 bridgehead atoms. The lowest BCUT2D eigenvalue weighted by molar-refractivity contribution is -0.277. The highest BCUT2D eigenvalue weighted by Gasteiger charge is 2.33. The molecular weight excluding hydrogens is 789 g/mol. The van der Waals surface area contributed by atoms with Crippen LogP contribution in [-0.2, 0) is 18.9 Å². The van der Waals surface area contributed by atoms with Crippen molar-refractivity contribution in [1.82, 2.24) is 9.97 Å². The van der Waals surface area contributed by atoms with E-state index >= 15 is 0 Å². The van der Waals surface area contributed by atoms with Gasteiger partial charge in [-0.15, -0.1) is 4.98 Å². The van der Waals surface area contributed by atoms with Crippen molar-refractivity contribution in [2.45, 2.75) is 27.7 Å². The van der Waals surface area contributed by atoms with Crippen molar-refractivity contribution in [2.24, 2.45) is 0 Å². The molecule has 0 saturated carbocycles. The van der Waals surface area contributed by atoms with Gasteiger partial charge in [0.2, 0.25) is 11.6 Å². The molecule has 7 rings (SSSR count). The van der Waals surface area contributed by atoms with Gasteiger partial charge < -0.3 is 41.9 Å². The van der Waals surface area contributed by atoms with Crippen LogP contribution in [0.1, 0.15) is 69.1 Å². The Bertz CT molecular complexity index is 2630. The van der Waals surface area contributed by atoms with E-state index in [1.807, 2.05) is 60.7 Å². The Morgan fingerprint density at radius 2 is 0.806 bits per heavy atom. The van der Waals surface area contributed by atoms with Gasteiger partial charge in [-0.25, -0.2) is 24.2 Å². The molecule has 0 aliphatic rings. The fourth-order valence-corrected chi connectivity index (χ4v) is 7.74. The standard InChI is InChI=1S/C48H44N6O8/c1-5-59-45(55)37-35(38(46(56)60-6-2)42(50)53-41(37)49)27-19-15-25(16-20-27)31-13-9-11-29-23-30-12-10-14-32(34(30)24-33(29)31)26-17-21-28(22-18-26)36-39(47(57)61-7-3)43(51)54-44(52)40(36)48(58)62-8-4/h9-24H,5-8H2,1-4H3,(H4,49,50,53)(H4,51,52,54)/p+2. The molecule has 2 heterocycles. The lowest BCUT2D eigenvalue weighted by Crippen LogP contribution is -2.49. The molecule has 14 nitrogen and oxygen atoms in total. The minimum atomic E-state index is -0.742. The smallest absolute Gasteiger partial charge is 0.346 e. The molecule has 7 aromatic rings. The zero-order chi connectivity index (χ0) is 44.2. The van der Waals surface area contributed by atoms with E-state index in [1.54, 1.807) is 39.8 Å². The van der Waals surface area contributed by atoms with Gasteiger partial charge in [-0.05, 0) is 94.8 Å². The SMILES string of the molecule is CCOC(=O)c1c(N)nc(N)c(C(=O)OCC)c1-c1ccc(-c2cccc3cc4cccc(-c5ccc(-c6c(C(=O)OCC)c([NH3+])nc([NH3+])c6C(=O)OCC)cc5)c4cc23)cc1. The lowest BCUT2D eigenvalue weighted by atomic mass is 9.90. The molecule has 0 unspecified atom stereocenters. The molecule has 0 amide bonds. The monoisotopic (exact) mass is 834 g/mol. The lowest BCUT2D eigenvalue weighted by Gasteiger charge is -2.17. The number of fused-ring (bicyclic) bond motifs is 2. The van der Waals surface area contributed by atoms with Crippen LogP contribution in [0.3, 0.4) is 0 Å². The first-order valence-electron chi connectivity index (χ1n) is 20.1. The molecule has 14 heteroatoms. The number of esters is 4. The molecule has 0 aliphatic heterocycles. The maximum Gasteiger partial charge on any atom is 0.346 e. The summed E-state index contributed by atoms with van der Waals surface area (Å²) in [6, 6.07) is 31.4. The number of ether oxygens (including phenoxy) is 4. The normalized spacial score (nSPS) is 11.1. The fourth-order valence-electron chi connectivity index (χ4n) is 7.74. The highest BCUT2D eigenvalue weighted by molar-refractivity contribution is 6.13. The van der Waals surface area contributed by atoms with E-state index < -0.39 is 23.9 Å². The van der Waals surface area contributed by atoms with Gasteiger partial charge in [-0.1, -0.05) is 84.9 Å². The Morgan fingerprint density at radius 1 is 0.468 bits per heavy atom. The van der Waals surface area contributed by atoms with Crippen molar-refractivity contribution >= 4 is 68.7 Å². The van der Waals surface area contributed by atoms with Gasteiger partial charge >= 0.3 is 23.9 Å². The number of quaternary nitrogens is 2. The van der Waals surface area contributed by atoms with Crippen LogP contribution in [0, 0.1) is 0 Å². The van der Waals surface area contributed by atoms with E-state index in [4.69, 9.17) is 30.4 Å². The van der Waals surface area contributed by atoms with Crippen LogP contribution in [0.25, 0.3) is 66.1 Å². The van der Waals surface area contributed by atoms with Crippen LogP contribution in [0.15, 0.2) is 97.1 Å². The summed E-state index contributed by atoms with van der Waals surface area (Å²) in [5, 5.41) is 4.00. The zero-order valence-electron chi connectivity index (χ0n) is 34.8. The van der Waals surface area contributed by atoms with E-state index in [9.17, 15) is 19.2 Å². The number of pyridine rings is 2. The number of nitrogens with zero attached hydrogens (tertiary/aromatic N) is 2. The molecular formula is C48H46N6O8+2. The molecule has 0 aliphatic carbocycles. The fraction of sp³-hybridized carbons (Fsp3) is 0.167. The zero-order valence-corrected chi connectivity index (χ0v) is 34.8. The van der Waals surface area contributed by atoms with Crippen LogP contribution in [0.2, 0.25) is 0 Å². The van der Waals surface area contributed by atoms with Gasteiger partial charge in [0.05, 0.1) is 26.4 Å². The minimum Gasteiger partial charge on any atom is -0.462 e. The summed E-state index contributed by atoms with van der Waals surface area (Å²) < 4.78 is 21.3. The quantitative estimate of drug-likeness (QED) is 0.0549. The Morgan fingerprint density at radius 3 is 1.18 bits per heavy atom. The molecule has 0 fully saturated rings. The number of rotatable bonds is 12. The second kappa shape index (κ2) is 17.9. The number of carbonyl (C=O) groups excluding carboxylic acids is 4. The molecule has 10 N–H and O–H groups in total. The maximum atomic E-state index is 13.3. The Balaban J connectivity index is 1.33. The topological polar surface area (TPSA) is 238 Å². The van der Waals surface area contributed by atoms with Crippen LogP contribution in [0.4, 0.5) is 23.3 Å². The van der Waals surface area contributed by atoms with Crippen LogP contribution >= 0.6 is 0 Å². The Kier molecular flexibility index (Phi) is 12.2. The number of benzene rings is 5. The molecule has 0 radical (unpaired) electrons. The first-order valence-corrected chi connectivity index (χ1v) is 20.1. The third kappa shape index (κ3) is 7.87. The van der Waals surface area contributed by atoms with E-state index in [-0.39, 0.29) is 77.5 Å². The van der Waals surface area contributed by atoms with E-state index in [0.29, 0.717) is 16.7 Å². The summed E-state index contributed by atoms with van der Waals surface area (Å²) in [5.74, 6) is -2.85. The van der Waals surface area contributed by atoms with E-state index in [0.717, 1.165) is 43.8 Å². The molecule has 5 aromatic carbocycles. The molecule has 0 spiro atoms. The van der Waals surface area contributed by atoms with Gasteiger partial charge in [0.25, 0.3) is 0 Å². The highest BCUT2D eigenvalue weighted by atomic mass is 16.5. The summed E-state index contributed by atoms with van der Waals surface area (Å²) >= 11 is 0. The molecule has 0 saturated heterocycles. The minimum absolute atomic E-state index is 0.0696. The summed E-state index contributed by atoms with van der Waals surface area (Å²) in [5.41, 5.74) is 25.6. The van der Waals surface area contributed by atoms with Gasteiger partial charge in [0.15, 0.2) is 11.1 Å². The maximum absolute atomic E-state index is 13.3. The van der Waals surface area contributed by atoms with Crippen LogP contribution in [-0.4, -0.2) is 60.3 Å². The van der Waals surface area contributed by atoms with Crippen molar-refractivity contribution in [3.05, 3.63) is 119 Å². The van der Waals surface area contributed by atoms with Crippen molar-refractivity contribution in [2.75, 3.05) is 37.9 Å². The predicted octanol–water partition coefficient (Wildman–Crippen LogP) is 7.07. The number of hydrogen-bond donors (Lipinski definition) is 4. The second-order valence-electron chi connectivity index (χ2n) is 14.1. The summed E-state index contributed by atoms with van der Waals surface area (Å²) in [6.45, 7) is 7.12.